The minimum atomic E-state index is -0.252. The molecule has 0 saturated heterocycles. The standard InChI is InChI=1S/C15H13BrN6O/c1-2-14-19-20-21-22(14)13-6-4-3-5-12(13)18-15(23)10-7-11(16)9-17-8-10/h3-9H,2H2,1H3,(H,18,23). The Morgan fingerprint density at radius 3 is 2.91 bits per heavy atom. The highest BCUT2D eigenvalue weighted by molar-refractivity contribution is 9.10. The molecular weight excluding hydrogens is 360 g/mol. The fourth-order valence-corrected chi connectivity index (χ4v) is 2.47. The van der Waals surface area contributed by atoms with E-state index in [1.54, 1.807) is 23.0 Å². The Labute approximate surface area is 140 Å². The number of aromatic nitrogens is 5. The summed E-state index contributed by atoms with van der Waals surface area (Å²) in [7, 11) is 0. The molecule has 116 valence electrons. The van der Waals surface area contributed by atoms with Crippen molar-refractivity contribution in [1.29, 1.82) is 0 Å². The van der Waals surface area contributed by atoms with Gasteiger partial charge in [-0.05, 0) is 44.6 Å². The molecule has 3 rings (SSSR count). The van der Waals surface area contributed by atoms with E-state index in [0.29, 0.717) is 23.4 Å². The number of anilines is 1. The maximum atomic E-state index is 12.4. The first-order valence-corrected chi connectivity index (χ1v) is 7.77. The van der Waals surface area contributed by atoms with E-state index in [4.69, 9.17) is 0 Å². The molecule has 0 aliphatic heterocycles. The van der Waals surface area contributed by atoms with Crippen molar-refractivity contribution >= 4 is 27.5 Å². The number of nitrogens with zero attached hydrogens (tertiary/aromatic N) is 5. The maximum absolute atomic E-state index is 12.4. The zero-order chi connectivity index (χ0) is 16.2. The van der Waals surface area contributed by atoms with Gasteiger partial charge in [0.2, 0.25) is 0 Å². The van der Waals surface area contributed by atoms with Gasteiger partial charge in [-0.2, -0.15) is 4.68 Å². The van der Waals surface area contributed by atoms with Gasteiger partial charge in [-0.15, -0.1) is 5.10 Å². The first-order valence-electron chi connectivity index (χ1n) is 6.97. The van der Waals surface area contributed by atoms with Gasteiger partial charge in [-0.3, -0.25) is 9.78 Å². The largest absolute Gasteiger partial charge is 0.320 e. The summed E-state index contributed by atoms with van der Waals surface area (Å²) in [6.07, 6.45) is 3.82. The Balaban J connectivity index is 1.94. The van der Waals surface area contributed by atoms with Gasteiger partial charge >= 0.3 is 0 Å². The van der Waals surface area contributed by atoms with Crippen molar-refractivity contribution in [2.75, 3.05) is 5.32 Å². The number of tetrazole rings is 1. The van der Waals surface area contributed by atoms with Crippen LogP contribution in [0.1, 0.15) is 23.1 Å². The Morgan fingerprint density at radius 1 is 1.30 bits per heavy atom. The average Bonchev–Trinajstić information content (AvgIpc) is 3.04. The first kappa shape index (κ1) is 15.3. The summed E-state index contributed by atoms with van der Waals surface area (Å²) < 4.78 is 2.36. The number of hydrogen-bond acceptors (Lipinski definition) is 5. The lowest BCUT2D eigenvalue weighted by molar-refractivity contribution is 0.102. The second-order valence-corrected chi connectivity index (χ2v) is 5.64. The fourth-order valence-electron chi connectivity index (χ4n) is 2.11. The predicted octanol–water partition coefficient (Wildman–Crippen LogP) is 2.63. The molecule has 0 atom stereocenters. The van der Waals surface area contributed by atoms with Crippen LogP contribution >= 0.6 is 15.9 Å². The summed E-state index contributed by atoms with van der Waals surface area (Å²) in [5, 5.41) is 14.5. The van der Waals surface area contributed by atoms with E-state index in [-0.39, 0.29) is 5.91 Å². The lowest BCUT2D eigenvalue weighted by Gasteiger charge is -2.11. The molecule has 8 heteroatoms. The van der Waals surface area contributed by atoms with Crippen molar-refractivity contribution in [1.82, 2.24) is 25.2 Å². The molecule has 0 bridgehead atoms. The summed E-state index contributed by atoms with van der Waals surface area (Å²) in [5.74, 6) is 0.466. The molecule has 3 aromatic rings. The number of para-hydroxylation sites is 2. The number of amides is 1. The van der Waals surface area contributed by atoms with Gasteiger partial charge in [0, 0.05) is 23.3 Å². The predicted molar refractivity (Wildman–Crippen MR) is 88.4 cm³/mol. The highest BCUT2D eigenvalue weighted by Gasteiger charge is 2.14. The normalized spacial score (nSPS) is 10.5. The minimum absolute atomic E-state index is 0.252. The lowest BCUT2D eigenvalue weighted by Crippen LogP contribution is -2.15. The Hall–Kier alpha value is -2.61. The average molecular weight is 373 g/mol. The van der Waals surface area contributed by atoms with Crippen LogP contribution in [-0.2, 0) is 6.42 Å². The van der Waals surface area contributed by atoms with E-state index in [1.165, 1.54) is 6.20 Å². The number of rotatable bonds is 4. The number of benzene rings is 1. The Bertz CT molecular complexity index is 847. The number of carbonyl (C=O) groups excluding carboxylic acids is 1. The maximum Gasteiger partial charge on any atom is 0.257 e. The summed E-state index contributed by atoms with van der Waals surface area (Å²) in [6, 6.07) is 9.07. The van der Waals surface area contributed by atoms with Crippen LogP contribution in [0.5, 0.6) is 0 Å². The monoisotopic (exact) mass is 372 g/mol. The van der Waals surface area contributed by atoms with E-state index in [2.05, 4.69) is 41.8 Å². The van der Waals surface area contributed by atoms with E-state index in [9.17, 15) is 4.79 Å². The van der Waals surface area contributed by atoms with Crippen molar-refractivity contribution in [3.63, 3.8) is 0 Å². The van der Waals surface area contributed by atoms with Gasteiger partial charge in [0.15, 0.2) is 5.82 Å². The molecule has 0 spiro atoms. The van der Waals surface area contributed by atoms with Crippen molar-refractivity contribution in [2.45, 2.75) is 13.3 Å². The van der Waals surface area contributed by atoms with Gasteiger partial charge in [0.1, 0.15) is 0 Å². The zero-order valence-electron chi connectivity index (χ0n) is 12.3. The molecular formula is C15H13BrN6O. The van der Waals surface area contributed by atoms with Gasteiger partial charge in [-0.25, -0.2) is 0 Å². The summed E-state index contributed by atoms with van der Waals surface area (Å²) in [4.78, 5) is 16.4. The third-order valence-corrected chi connectivity index (χ3v) is 3.63. The molecule has 0 radical (unpaired) electrons. The highest BCUT2D eigenvalue weighted by atomic mass is 79.9. The van der Waals surface area contributed by atoms with Crippen LogP contribution in [0.3, 0.4) is 0 Å². The van der Waals surface area contributed by atoms with Crippen LogP contribution in [0.2, 0.25) is 0 Å². The van der Waals surface area contributed by atoms with Crippen molar-refractivity contribution in [2.24, 2.45) is 0 Å². The van der Waals surface area contributed by atoms with Crippen molar-refractivity contribution < 1.29 is 4.79 Å². The molecule has 1 aromatic carbocycles. The molecule has 1 amide bonds. The smallest absolute Gasteiger partial charge is 0.257 e. The van der Waals surface area contributed by atoms with Gasteiger partial charge in [-0.1, -0.05) is 19.1 Å². The number of nitrogens with one attached hydrogen (secondary N) is 1. The van der Waals surface area contributed by atoms with Crippen LogP contribution in [0, 0.1) is 0 Å². The second-order valence-electron chi connectivity index (χ2n) is 4.72. The van der Waals surface area contributed by atoms with E-state index in [1.807, 2.05) is 25.1 Å². The highest BCUT2D eigenvalue weighted by Crippen LogP contribution is 2.21. The molecule has 0 unspecified atom stereocenters. The fraction of sp³-hybridized carbons (Fsp3) is 0.133. The summed E-state index contributed by atoms with van der Waals surface area (Å²) in [6.45, 7) is 1.97. The van der Waals surface area contributed by atoms with Crippen LogP contribution in [0.15, 0.2) is 47.2 Å². The number of carbonyl (C=O) groups is 1. The third kappa shape index (κ3) is 3.26. The van der Waals surface area contributed by atoms with Crippen LogP contribution in [0.4, 0.5) is 5.69 Å². The number of pyridine rings is 1. The van der Waals surface area contributed by atoms with Crippen molar-refractivity contribution in [3.05, 3.63) is 58.6 Å². The summed E-state index contributed by atoms with van der Waals surface area (Å²) >= 11 is 3.31. The second kappa shape index (κ2) is 6.66. The van der Waals surface area contributed by atoms with Crippen LogP contribution < -0.4 is 5.32 Å². The topological polar surface area (TPSA) is 85.6 Å². The van der Waals surface area contributed by atoms with E-state index < -0.39 is 0 Å². The van der Waals surface area contributed by atoms with E-state index in [0.717, 1.165) is 10.3 Å². The molecule has 7 nitrogen and oxygen atoms in total. The van der Waals surface area contributed by atoms with Crippen LogP contribution in [0.25, 0.3) is 5.69 Å². The quantitative estimate of drug-likeness (QED) is 0.760. The van der Waals surface area contributed by atoms with Gasteiger partial charge < -0.3 is 5.32 Å². The number of halogens is 1. The molecule has 0 aliphatic rings. The molecule has 2 heterocycles. The molecule has 0 fully saturated rings. The Morgan fingerprint density at radius 2 is 2.13 bits per heavy atom. The number of aryl methyl sites for hydroxylation is 1. The SMILES string of the molecule is CCc1nnnn1-c1ccccc1NC(=O)c1cncc(Br)c1. The Kier molecular flexibility index (Phi) is 4.42. The van der Waals surface area contributed by atoms with Gasteiger partial charge in [0.05, 0.1) is 16.9 Å². The van der Waals surface area contributed by atoms with Gasteiger partial charge in [0.25, 0.3) is 5.91 Å². The minimum Gasteiger partial charge on any atom is -0.320 e. The first-order chi connectivity index (χ1) is 11.2. The van der Waals surface area contributed by atoms with Crippen LogP contribution in [-0.4, -0.2) is 31.1 Å². The molecule has 2 aromatic heterocycles. The number of hydrogen-bond donors (Lipinski definition) is 1. The molecule has 1 N–H and O–H groups in total. The lowest BCUT2D eigenvalue weighted by atomic mass is 10.2. The molecule has 0 saturated carbocycles. The molecule has 23 heavy (non-hydrogen) atoms. The summed E-state index contributed by atoms with van der Waals surface area (Å²) in [5.41, 5.74) is 1.80. The zero-order valence-corrected chi connectivity index (χ0v) is 13.9. The molecule has 0 aliphatic carbocycles. The third-order valence-electron chi connectivity index (χ3n) is 3.20. The van der Waals surface area contributed by atoms with E-state index >= 15 is 0 Å². The van der Waals surface area contributed by atoms with Crippen molar-refractivity contribution in [3.8, 4) is 5.69 Å².